The number of amides is 1. The fourth-order valence-corrected chi connectivity index (χ4v) is 3.08. The van der Waals surface area contributed by atoms with Crippen LogP contribution in [0.1, 0.15) is 38.7 Å². The number of hydrogen-bond donors (Lipinski definition) is 1. The third-order valence-electron chi connectivity index (χ3n) is 4.16. The second-order valence-electron chi connectivity index (χ2n) is 5.63. The number of carboxylic acids is 1. The number of aliphatic carboxylic acids is 1. The van der Waals surface area contributed by atoms with Crippen LogP contribution in [-0.4, -0.2) is 34.5 Å². The van der Waals surface area contributed by atoms with Gasteiger partial charge in [-0.25, -0.2) is 0 Å². The molecule has 0 aliphatic heterocycles. The molecule has 4 nitrogen and oxygen atoms in total. The van der Waals surface area contributed by atoms with E-state index in [2.05, 4.69) is 15.9 Å². The summed E-state index contributed by atoms with van der Waals surface area (Å²) in [6, 6.07) is 7.56. The number of nitrogens with zero attached hydrogens (tertiary/aromatic N) is 1. The molecule has 5 heteroatoms. The lowest BCUT2D eigenvalue weighted by molar-refractivity contribution is -0.141. The molecule has 1 N–H and O–H groups in total. The number of likely N-dealkylation sites (N-methyl/N-ethyl adjacent to an activating group) is 1. The Balaban J connectivity index is 2.20. The lowest BCUT2D eigenvalue weighted by Gasteiger charge is -2.31. The van der Waals surface area contributed by atoms with Crippen molar-refractivity contribution < 1.29 is 14.7 Å². The average molecular weight is 354 g/mol. The quantitative estimate of drug-likeness (QED) is 0.854. The van der Waals surface area contributed by atoms with E-state index < -0.39 is 11.4 Å². The number of carbonyl (C=O) groups excluding carboxylic acids is 1. The maximum atomic E-state index is 12.9. The Labute approximate surface area is 133 Å². The highest BCUT2D eigenvalue weighted by molar-refractivity contribution is 9.10. The van der Waals surface area contributed by atoms with Crippen LogP contribution in [-0.2, 0) is 15.0 Å². The monoisotopic (exact) mass is 353 g/mol. The van der Waals surface area contributed by atoms with Gasteiger partial charge < -0.3 is 10.0 Å². The fourth-order valence-electron chi connectivity index (χ4n) is 2.81. The summed E-state index contributed by atoms with van der Waals surface area (Å²) in [6.45, 7) is 4.23. The van der Waals surface area contributed by atoms with E-state index in [9.17, 15) is 9.59 Å². The minimum atomic E-state index is -0.873. The number of halogens is 1. The van der Waals surface area contributed by atoms with Crippen molar-refractivity contribution in [2.75, 3.05) is 6.54 Å². The number of hydrogen-bond acceptors (Lipinski definition) is 2. The largest absolute Gasteiger partial charge is 0.481 e. The van der Waals surface area contributed by atoms with E-state index in [4.69, 9.17) is 5.11 Å². The summed E-state index contributed by atoms with van der Waals surface area (Å²) >= 11 is 3.40. The predicted molar refractivity (Wildman–Crippen MR) is 84.2 cm³/mol. The molecule has 21 heavy (non-hydrogen) atoms. The molecule has 1 aromatic carbocycles. The molecule has 1 fully saturated rings. The van der Waals surface area contributed by atoms with Gasteiger partial charge in [0.1, 0.15) is 0 Å². The molecule has 1 atom stereocenters. The van der Waals surface area contributed by atoms with E-state index in [1.54, 1.807) is 11.8 Å². The molecule has 0 aromatic heterocycles. The van der Waals surface area contributed by atoms with Gasteiger partial charge in [0.05, 0.1) is 11.8 Å². The van der Waals surface area contributed by atoms with Crippen LogP contribution in [0, 0.1) is 0 Å². The van der Waals surface area contributed by atoms with Crippen LogP contribution in [0.15, 0.2) is 28.7 Å². The van der Waals surface area contributed by atoms with Crippen molar-refractivity contribution in [3.8, 4) is 0 Å². The van der Waals surface area contributed by atoms with E-state index in [1.807, 2.05) is 31.2 Å². The molecule has 1 aliphatic rings. The maximum absolute atomic E-state index is 12.9. The predicted octanol–water partition coefficient (Wildman–Crippen LogP) is 3.19. The molecule has 1 aliphatic carbocycles. The second kappa shape index (κ2) is 6.18. The summed E-state index contributed by atoms with van der Waals surface area (Å²) in [5.74, 6) is -0.816. The van der Waals surface area contributed by atoms with Crippen molar-refractivity contribution in [3.63, 3.8) is 0 Å². The molecule has 0 radical (unpaired) electrons. The minimum absolute atomic E-state index is 0.0179. The molecular formula is C16H20BrNO3. The standard InChI is InChI=1S/C16H20BrNO3/c1-3-18(11(2)10-14(19)20)15(21)16(8-9-16)12-4-6-13(17)7-5-12/h4-7,11H,3,8-10H2,1-2H3,(H,19,20). The molecule has 2 rings (SSSR count). The number of benzene rings is 1. The SMILES string of the molecule is CCN(C(=O)C1(c2ccc(Br)cc2)CC1)C(C)CC(=O)O. The summed E-state index contributed by atoms with van der Waals surface area (Å²) in [7, 11) is 0. The van der Waals surface area contributed by atoms with Crippen LogP contribution in [0.2, 0.25) is 0 Å². The average Bonchev–Trinajstić information content (AvgIpc) is 3.21. The van der Waals surface area contributed by atoms with Crippen molar-refractivity contribution in [2.45, 2.75) is 44.6 Å². The van der Waals surface area contributed by atoms with Crippen LogP contribution >= 0.6 is 15.9 Å². The summed E-state index contributed by atoms with van der Waals surface area (Å²) in [5, 5.41) is 8.93. The topological polar surface area (TPSA) is 57.6 Å². The molecule has 0 saturated heterocycles. The highest BCUT2D eigenvalue weighted by Gasteiger charge is 2.53. The molecule has 1 unspecified atom stereocenters. The Hall–Kier alpha value is -1.36. The van der Waals surface area contributed by atoms with E-state index in [1.165, 1.54) is 0 Å². The normalized spacial score (nSPS) is 17.1. The van der Waals surface area contributed by atoms with Gasteiger partial charge in [0.25, 0.3) is 0 Å². The lowest BCUT2D eigenvalue weighted by atomic mass is 9.93. The van der Waals surface area contributed by atoms with Crippen molar-refractivity contribution in [1.29, 1.82) is 0 Å². The molecule has 1 saturated carbocycles. The Morgan fingerprint density at radius 2 is 1.90 bits per heavy atom. The van der Waals surface area contributed by atoms with E-state index in [0.717, 1.165) is 22.9 Å². The summed E-state index contributed by atoms with van der Waals surface area (Å²) in [4.78, 5) is 25.5. The summed E-state index contributed by atoms with van der Waals surface area (Å²) < 4.78 is 0.987. The third-order valence-corrected chi connectivity index (χ3v) is 4.69. The van der Waals surface area contributed by atoms with Gasteiger partial charge in [0, 0.05) is 17.1 Å². The van der Waals surface area contributed by atoms with Gasteiger partial charge in [-0.2, -0.15) is 0 Å². The van der Waals surface area contributed by atoms with Crippen molar-refractivity contribution in [1.82, 2.24) is 4.90 Å². The van der Waals surface area contributed by atoms with Crippen LogP contribution in [0.5, 0.6) is 0 Å². The minimum Gasteiger partial charge on any atom is -0.481 e. The van der Waals surface area contributed by atoms with E-state index in [0.29, 0.717) is 6.54 Å². The van der Waals surface area contributed by atoms with Gasteiger partial charge in [-0.15, -0.1) is 0 Å². The molecule has 0 heterocycles. The third kappa shape index (κ3) is 3.28. The van der Waals surface area contributed by atoms with Crippen molar-refractivity contribution >= 4 is 27.8 Å². The highest BCUT2D eigenvalue weighted by Crippen LogP contribution is 2.50. The Morgan fingerprint density at radius 1 is 1.33 bits per heavy atom. The molecule has 0 bridgehead atoms. The number of carbonyl (C=O) groups is 2. The maximum Gasteiger partial charge on any atom is 0.305 e. The first kappa shape index (κ1) is 16.0. The van der Waals surface area contributed by atoms with Gasteiger partial charge in [0.15, 0.2) is 0 Å². The van der Waals surface area contributed by atoms with E-state index >= 15 is 0 Å². The zero-order chi connectivity index (χ0) is 15.6. The van der Waals surface area contributed by atoms with Crippen LogP contribution in [0.4, 0.5) is 0 Å². The van der Waals surface area contributed by atoms with Gasteiger partial charge in [-0.3, -0.25) is 9.59 Å². The van der Waals surface area contributed by atoms with Gasteiger partial charge in [-0.05, 0) is 44.4 Å². The number of rotatable bonds is 6. The molecule has 0 spiro atoms. The summed E-state index contributed by atoms with van der Waals surface area (Å²) in [5.41, 5.74) is 0.584. The highest BCUT2D eigenvalue weighted by atomic mass is 79.9. The van der Waals surface area contributed by atoms with Crippen molar-refractivity contribution in [3.05, 3.63) is 34.3 Å². The second-order valence-corrected chi connectivity index (χ2v) is 6.54. The number of carboxylic acid groups (broad SMARTS) is 1. The van der Waals surface area contributed by atoms with Crippen molar-refractivity contribution in [2.24, 2.45) is 0 Å². The Morgan fingerprint density at radius 3 is 2.33 bits per heavy atom. The van der Waals surface area contributed by atoms with Crippen LogP contribution in [0.3, 0.4) is 0 Å². The zero-order valence-electron chi connectivity index (χ0n) is 12.3. The zero-order valence-corrected chi connectivity index (χ0v) is 13.9. The molecule has 1 aromatic rings. The Kier molecular flexibility index (Phi) is 4.71. The molecule has 1 amide bonds. The van der Waals surface area contributed by atoms with Gasteiger partial charge in [0.2, 0.25) is 5.91 Å². The summed E-state index contributed by atoms with van der Waals surface area (Å²) in [6.07, 6.45) is 1.66. The van der Waals surface area contributed by atoms with Gasteiger partial charge >= 0.3 is 5.97 Å². The van der Waals surface area contributed by atoms with Crippen LogP contribution in [0.25, 0.3) is 0 Å². The first-order valence-electron chi connectivity index (χ1n) is 7.19. The van der Waals surface area contributed by atoms with E-state index in [-0.39, 0.29) is 18.4 Å². The van der Waals surface area contributed by atoms with Crippen LogP contribution < -0.4 is 0 Å². The first-order chi connectivity index (χ1) is 9.90. The molecule has 114 valence electrons. The van der Waals surface area contributed by atoms with Gasteiger partial charge in [-0.1, -0.05) is 28.1 Å². The fraction of sp³-hybridized carbons (Fsp3) is 0.500. The first-order valence-corrected chi connectivity index (χ1v) is 7.99. The Bertz CT molecular complexity index is 537. The molecular weight excluding hydrogens is 334 g/mol. The smallest absolute Gasteiger partial charge is 0.305 e. The lowest BCUT2D eigenvalue weighted by Crippen LogP contribution is -2.45.